The van der Waals surface area contributed by atoms with E-state index in [4.69, 9.17) is 16.1 Å². The van der Waals surface area contributed by atoms with Crippen LogP contribution in [0.1, 0.15) is 5.56 Å². The lowest BCUT2D eigenvalue weighted by molar-refractivity contribution is 0.210. The highest BCUT2D eigenvalue weighted by Crippen LogP contribution is 2.27. The molecule has 0 aliphatic heterocycles. The number of hydrogen-bond donors (Lipinski definition) is 3. The van der Waals surface area contributed by atoms with Crippen LogP contribution in [0.3, 0.4) is 0 Å². The molecule has 0 radical (unpaired) electrons. The smallest absolute Gasteiger partial charge is 0.409 e. The van der Waals surface area contributed by atoms with E-state index in [9.17, 15) is 4.79 Å². The summed E-state index contributed by atoms with van der Waals surface area (Å²) in [5.41, 5.74) is 8.84. The number of rotatable bonds is 2. The normalized spacial score (nSPS) is 9.63. The fraction of sp³-hybridized carbons (Fsp3) is 0. The third kappa shape index (κ3) is 2.82. The molecule has 0 fully saturated rings. The van der Waals surface area contributed by atoms with Gasteiger partial charge in [0, 0.05) is 0 Å². The van der Waals surface area contributed by atoms with Crippen LogP contribution < -0.4 is 11.1 Å². The molecule has 0 saturated carbocycles. The minimum absolute atomic E-state index is 0.351. The molecule has 0 bridgehead atoms. The summed E-state index contributed by atoms with van der Waals surface area (Å²) in [7, 11) is 0. The van der Waals surface area contributed by atoms with Crippen molar-refractivity contribution in [2.24, 2.45) is 0 Å². The topological polar surface area (TPSA) is 99.1 Å². The highest BCUT2D eigenvalue weighted by Gasteiger charge is 2.05. The van der Waals surface area contributed by atoms with Gasteiger partial charge in [0.15, 0.2) is 0 Å². The number of amides is 1. The van der Waals surface area contributed by atoms with Crippen LogP contribution in [0, 0.1) is 11.3 Å². The largest absolute Gasteiger partial charge is 0.465 e. The fourth-order valence-corrected chi connectivity index (χ4v) is 1.71. The number of nitriles is 1. The molecule has 0 heterocycles. The molecule has 2 aromatic carbocycles. The first-order valence-corrected chi connectivity index (χ1v) is 5.50. The lowest BCUT2D eigenvalue weighted by Gasteiger charge is -2.08. The molecule has 0 unspecified atom stereocenters. The Kier molecular flexibility index (Phi) is 3.35. The first-order chi connectivity index (χ1) is 9.10. The number of nitrogen functional groups attached to an aromatic ring is 1. The molecule has 0 aromatic heterocycles. The van der Waals surface area contributed by atoms with Gasteiger partial charge in [-0.25, -0.2) is 4.79 Å². The number of nitrogens with one attached hydrogen (secondary N) is 1. The maximum absolute atomic E-state index is 10.5. The number of hydrogen-bond acceptors (Lipinski definition) is 3. The molecule has 0 atom stereocenters. The molecule has 4 N–H and O–H groups in total. The lowest BCUT2D eigenvalue weighted by Crippen LogP contribution is -2.09. The maximum atomic E-state index is 10.5. The summed E-state index contributed by atoms with van der Waals surface area (Å²) in [6, 6.07) is 14.2. The molecule has 0 spiro atoms. The van der Waals surface area contributed by atoms with Gasteiger partial charge in [0.2, 0.25) is 0 Å². The zero-order valence-electron chi connectivity index (χ0n) is 9.92. The van der Waals surface area contributed by atoms with Gasteiger partial charge in [-0.05, 0) is 35.4 Å². The van der Waals surface area contributed by atoms with Gasteiger partial charge in [0.1, 0.15) is 0 Å². The van der Waals surface area contributed by atoms with E-state index in [1.807, 2.05) is 18.2 Å². The number of carbonyl (C=O) groups is 1. The molecule has 5 heteroatoms. The zero-order valence-corrected chi connectivity index (χ0v) is 9.92. The van der Waals surface area contributed by atoms with Crippen molar-refractivity contribution in [1.82, 2.24) is 0 Å². The van der Waals surface area contributed by atoms with Crippen LogP contribution in [0.25, 0.3) is 11.1 Å². The third-order valence-electron chi connectivity index (χ3n) is 2.64. The summed E-state index contributed by atoms with van der Waals surface area (Å²) >= 11 is 0. The van der Waals surface area contributed by atoms with Crippen molar-refractivity contribution < 1.29 is 9.90 Å². The second kappa shape index (κ2) is 5.10. The number of carboxylic acid groups (broad SMARTS) is 1. The highest BCUT2D eigenvalue weighted by atomic mass is 16.4. The van der Waals surface area contributed by atoms with E-state index in [1.165, 1.54) is 0 Å². The monoisotopic (exact) mass is 253 g/mol. The Morgan fingerprint density at radius 1 is 1.16 bits per heavy atom. The highest BCUT2D eigenvalue weighted by molar-refractivity contribution is 5.89. The van der Waals surface area contributed by atoms with Crippen LogP contribution in [-0.4, -0.2) is 11.2 Å². The van der Waals surface area contributed by atoms with E-state index in [2.05, 4.69) is 5.32 Å². The molecule has 2 aromatic rings. The van der Waals surface area contributed by atoms with E-state index in [1.54, 1.807) is 30.3 Å². The van der Waals surface area contributed by atoms with Crippen LogP contribution in [0.4, 0.5) is 16.2 Å². The Morgan fingerprint density at radius 2 is 1.79 bits per heavy atom. The molecule has 2 rings (SSSR count). The average molecular weight is 253 g/mol. The molecule has 5 nitrogen and oxygen atoms in total. The average Bonchev–Trinajstić information content (AvgIpc) is 2.41. The Bertz CT molecular complexity index is 657. The van der Waals surface area contributed by atoms with Gasteiger partial charge in [-0.3, -0.25) is 5.32 Å². The molecule has 0 saturated heterocycles. The van der Waals surface area contributed by atoms with Crippen molar-refractivity contribution in [3.8, 4) is 17.2 Å². The predicted octanol–water partition coefficient (Wildman–Crippen LogP) is 2.90. The van der Waals surface area contributed by atoms with Gasteiger partial charge in [-0.2, -0.15) is 5.26 Å². The molecular formula is C14H11N3O2. The molecule has 94 valence electrons. The summed E-state index contributed by atoms with van der Waals surface area (Å²) in [5, 5.41) is 19.6. The van der Waals surface area contributed by atoms with Gasteiger partial charge in [0.05, 0.1) is 23.0 Å². The minimum atomic E-state index is -1.15. The SMILES string of the molecule is N#Cc1ccc(-c2ccc(NC(=O)O)c(N)c2)cc1. The van der Waals surface area contributed by atoms with Crippen molar-refractivity contribution in [3.05, 3.63) is 48.0 Å². The van der Waals surface area contributed by atoms with Crippen LogP contribution >= 0.6 is 0 Å². The van der Waals surface area contributed by atoms with Crippen molar-refractivity contribution >= 4 is 17.5 Å². The third-order valence-corrected chi connectivity index (χ3v) is 2.64. The summed E-state index contributed by atoms with van der Waals surface area (Å²) in [6.45, 7) is 0. The number of anilines is 2. The summed E-state index contributed by atoms with van der Waals surface area (Å²) in [5.74, 6) is 0. The summed E-state index contributed by atoms with van der Waals surface area (Å²) < 4.78 is 0. The zero-order chi connectivity index (χ0) is 13.8. The predicted molar refractivity (Wildman–Crippen MR) is 72.7 cm³/mol. The van der Waals surface area contributed by atoms with Crippen molar-refractivity contribution in [3.63, 3.8) is 0 Å². The Labute approximate surface area is 109 Å². The Morgan fingerprint density at radius 3 is 2.32 bits per heavy atom. The summed E-state index contributed by atoms with van der Waals surface area (Å²) in [6.07, 6.45) is -1.15. The maximum Gasteiger partial charge on any atom is 0.409 e. The van der Waals surface area contributed by atoms with Crippen molar-refractivity contribution in [2.75, 3.05) is 11.1 Å². The van der Waals surface area contributed by atoms with E-state index in [0.717, 1.165) is 11.1 Å². The van der Waals surface area contributed by atoms with E-state index in [0.29, 0.717) is 16.9 Å². The minimum Gasteiger partial charge on any atom is -0.465 e. The Balaban J connectivity index is 2.33. The lowest BCUT2D eigenvalue weighted by atomic mass is 10.0. The van der Waals surface area contributed by atoms with Gasteiger partial charge >= 0.3 is 6.09 Å². The molecular weight excluding hydrogens is 242 g/mol. The van der Waals surface area contributed by atoms with E-state index in [-0.39, 0.29) is 0 Å². The molecule has 1 amide bonds. The van der Waals surface area contributed by atoms with Crippen molar-refractivity contribution in [2.45, 2.75) is 0 Å². The van der Waals surface area contributed by atoms with Gasteiger partial charge in [-0.1, -0.05) is 18.2 Å². The number of benzene rings is 2. The van der Waals surface area contributed by atoms with Gasteiger partial charge in [-0.15, -0.1) is 0 Å². The van der Waals surface area contributed by atoms with Gasteiger partial charge in [0.25, 0.3) is 0 Å². The van der Waals surface area contributed by atoms with Crippen LogP contribution in [0.15, 0.2) is 42.5 Å². The van der Waals surface area contributed by atoms with Crippen LogP contribution in [-0.2, 0) is 0 Å². The van der Waals surface area contributed by atoms with Gasteiger partial charge < -0.3 is 10.8 Å². The first-order valence-electron chi connectivity index (χ1n) is 5.50. The number of nitrogens with two attached hydrogens (primary N) is 1. The summed E-state index contributed by atoms with van der Waals surface area (Å²) in [4.78, 5) is 10.5. The fourth-order valence-electron chi connectivity index (χ4n) is 1.71. The van der Waals surface area contributed by atoms with Crippen LogP contribution in [0.2, 0.25) is 0 Å². The molecule has 19 heavy (non-hydrogen) atoms. The van der Waals surface area contributed by atoms with E-state index >= 15 is 0 Å². The molecule has 0 aliphatic rings. The quantitative estimate of drug-likeness (QED) is 0.716. The molecule has 0 aliphatic carbocycles. The first kappa shape index (κ1) is 12.5. The second-order valence-corrected chi connectivity index (χ2v) is 3.92. The second-order valence-electron chi connectivity index (χ2n) is 3.92. The number of nitrogens with zero attached hydrogens (tertiary/aromatic N) is 1. The Hall–Kier alpha value is -3.00. The van der Waals surface area contributed by atoms with Crippen LogP contribution in [0.5, 0.6) is 0 Å². The van der Waals surface area contributed by atoms with Crippen molar-refractivity contribution in [1.29, 1.82) is 5.26 Å². The standard InChI is InChI=1S/C14H11N3O2/c15-8-9-1-3-10(4-2-9)11-5-6-13(12(16)7-11)17-14(18)19/h1-7,17H,16H2,(H,18,19). The van der Waals surface area contributed by atoms with E-state index < -0.39 is 6.09 Å².